The lowest BCUT2D eigenvalue weighted by atomic mass is 10.1. The Kier molecular flexibility index (Phi) is 6.19. The molecule has 4 aromatic rings. The predicted molar refractivity (Wildman–Crippen MR) is 139 cm³/mol. The summed E-state index contributed by atoms with van der Waals surface area (Å²) in [6, 6.07) is 29.2. The minimum absolute atomic E-state index is 0.132. The van der Waals surface area contributed by atoms with Gasteiger partial charge in [-0.1, -0.05) is 70.5 Å². The molecule has 34 heavy (non-hydrogen) atoms. The van der Waals surface area contributed by atoms with Gasteiger partial charge in [-0.3, -0.25) is 9.69 Å². The van der Waals surface area contributed by atoms with Gasteiger partial charge in [0.2, 0.25) is 0 Å². The molecule has 0 spiro atoms. The highest BCUT2D eigenvalue weighted by molar-refractivity contribution is 9.10. The van der Waals surface area contributed by atoms with Crippen LogP contribution >= 0.6 is 15.9 Å². The van der Waals surface area contributed by atoms with Crippen molar-refractivity contribution in [2.45, 2.75) is 6.92 Å². The van der Waals surface area contributed by atoms with Crippen molar-refractivity contribution in [1.29, 1.82) is 0 Å². The van der Waals surface area contributed by atoms with Crippen LogP contribution in [-0.4, -0.2) is 12.5 Å². The number of halogens is 1. The molecule has 0 bridgehead atoms. The summed E-state index contributed by atoms with van der Waals surface area (Å²) in [7, 11) is 0. The number of ether oxygens (including phenoxy) is 1. The molecule has 5 heteroatoms. The van der Waals surface area contributed by atoms with Crippen molar-refractivity contribution in [3.63, 3.8) is 0 Å². The Labute approximate surface area is 206 Å². The SMILES string of the molecule is CCOc1ccccc1N1C(=O)/C(=C/c2ccc(-c3ccc(Br)cc3)o2)C=C1c1ccccc1. The van der Waals surface area contributed by atoms with Crippen LogP contribution in [0.5, 0.6) is 5.75 Å². The zero-order valence-corrected chi connectivity index (χ0v) is 20.2. The molecule has 3 aromatic carbocycles. The lowest BCUT2D eigenvalue weighted by Gasteiger charge is -2.23. The number of carbonyl (C=O) groups is 1. The Morgan fingerprint density at radius 1 is 0.882 bits per heavy atom. The number of anilines is 1. The van der Waals surface area contributed by atoms with E-state index < -0.39 is 0 Å². The van der Waals surface area contributed by atoms with Crippen LogP contribution in [0.4, 0.5) is 5.69 Å². The zero-order chi connectivity index (χ0) is 23.5. The fraction of sp³-hybridized carbons (Fsp3) is 0.0690. The van der Waals surface area contributed by atoms with Crippen LogP contribution in [0.2, 0.25) is 0 Å². The summed E-state index contributed by atoms with van der Waals surface area (Å²) >= 11 is 3.45. The summed E-state index contributed by atoms with van der Waals surface area (Å²) in [5.41, 5.74) is 3.97. The molecular formula is C29H22BrNO3. The third kappa shape index (κ3) is 4.35. The number of para-hydroxylation sites is 2. The molecule has 1 amide bonds. The molecule has 0 radical (unpaired) electrons. The molecule has 168 valence electrons. The van der Waals surface area contributed by atoms with E-state index in [1.165, 1.54) is 0 Å². The Bertz CT molecular complexity index is 1380. The van der Waals surface area contributed by atoms with Gasteiger partial charge in [-0.15, -0.1) is 0 Å². The first-order chi connectivity index (χ1) is 16.6. The molecule has 0 aliphatic carbocycles. The minimum atomic E-state index is -0.132. The fourth-order valence-corrected chi connectivity index (χ4v) is 4.21. The highest BCUT2D eigenvalue weighted by Crippen LogP contribution is 2.40. The lowest BCUT2D eigenvalue weighted by Crippen LogP contribution is -2.25. The third-order valence-corrected chi connectivity index (χ3v) is 6.04. The van der Waals surface area contributed by atoms with Crippen LogP contribution in [0, 0.1) is 0 Å². The Hall–Kier alpha value is -3.83. The highest BCUT2D eigenvalue weighted by Gasteiger charge is 2.32. The van der Waals surface area contributed by atoms with E-state index >= 15 is 0 Å². The van der Waals surface area contributed by atoms with E-state index in [9.17, 15) is 4.79 Å². The van der Waals surface area contributed by atoms with Gasteiger partial charge < -0.3 is 9.15 Å². The number of amides is 1. The van der Waals surface area contributed by atoms with Gasteiger partial charge in [0.15, 0.2) is 0 Å². The van der Waals surface area contributed by atoms with Crippen LogP contribution in [0.15, 0.2) is 112 Å². The maximum absolute atomic E-state index is 13.7. The molecule has 0 fully saturated rings. The average Bonchev–Trinajstić information content (AvgIpc) is 3.46. The monoisotopic (exact) mass is 511 g/mol. The molecule has 2 heterocycles. The highest BCUT2D eigenvalue weighted by atomic mass is 79.9. The first-order valence-corrected chi connectivity index (χ1v) is 11.8. The lowest BCUT2D eigenvalue weighted by molar-refractivity contribution is -0.113. The van der Waals surface area contributed by atoms with Gasteiger partial charge in [-0.25, -0.2) is 0 Å². The molecule has 1 aromatic heterocycles. The molecule has 0 saturated heterocycles. The number of hydrogen-bond donors (Lipinski definition) is 0. The van der Waals surface area contributed by atoms with Crippen molar-refractivity contribution < 1.29 is 13.9 Å². The molecule has 0 saturated carbocycles. The van der Waals surface area contributed by atoms with E-state index in [0.29, 0.717) is 29.4 Å². The van der Waals surface area contributed by atoms with Crippen molar-refractivity contribution in [3.05, 3.63) is 118 Å². The minimum Gasteiger partial charge on any atom is -0.492 e. The molecule has 0 N–H and O–H groups in total. The Morgan fingerprint density at radius 2 is 1.62 bits per heavy atom. The summed E-state index contributed by atoms with van der Waals surface area (Å²) in [6.45, 7) is 2.44. The normalized spacial score (nSPS) is 14.5. The number of nitrogens with zero attached hydrogens (tertiary/aromatic N) is 1. The number of rotatable bonds is 6. The first-order valence-electron chi connectivity index (χ1n) is 11.0. The van der Waals surface area contributed by atoms with Crippen LogP contribution in [0.3, 0.4) is 0 Å². The van der Waals surface area contributed by atoms with E-state index in [-0.39, 0.29) is 5.91 Å². The van der Waals surface area contributed by atoms with Crippen LogP contribution in [0.25, 0.3) is 23.1 Å². The maximum atomic E-state index is 13.7. The average molecular weight is 512 g/mol. The molecule has 0 unspecified atom stereocenters. The summed E-state index contributed by atoms with van der Waals surface area (Å²) in [5.74, 6) is 1.89. The summed E-state index contributed by atoms with van der Waals surface area (Å²) in [4.78, 5) is 15.4. The molecule has 5 rings (SSSR count). The van der Waals surface area contributed by atoms with Gasteiger partial charge in [0.05, 0.1) is 18.0 Å². The number of carbonyl (C=O) groups excluding carboxylic acids is 1. The van der Waals surface area contributed by atoms with E-state index in [4.69, 9.17) is 9.15 Å². The standard InChI is InChI=1S/C29H22BrNO3/c1-2-33-28-11-7-6-10-25(28)31-26(20-8-4-3-5-9-20)19-22(29(31)32)18-24-16-17-27(34-24)21-12-14-23(30)15-13-21/h3-19H,2H2,1H3/b22-18+. The second-order valence-electron chi connectivity index (χ2n) is 7.75. The topological polar surface area (TPSA) is 42.7 Å². The second-order valence-corrected chi connectivity index (χ2v) is 8.66. The van der Waals surface area contributed by atoms with Crippen molar-refractivity contribution in [3.8, 4) is 17.1 Å². The molecule has 1 aliphatic rings. The van der Waals surface area contributed by atoms with E-state index in [1.54, 1.807) is 11.0 Å². The van der Waals surface area contributed by atoms with E-state index in [1.807, 2.05) is 104 Å². The Morgan fingerprint density at radius 3 is 2.38 bits per heavy atom. The Balaban J connectivity index is 1.55. The number of hydrogen-bond acceptors (Lipinski definition) is 3. The number of benzene rings is 3. The predicted octanol–water partition coefficient (Wildman–Crippen LogP) is 7.58. The van der Waals surface area contributed by atoms with Gasteiger partial charge >= 0.3 is 0 Å². The van der Waals surface area contributed by atoms with Crippen molar-refractivity contribution >= 4 is 39.3 Å². The van der Waals surface area contributed by atoms with Crippen molar-refractivity contribution in [1.82, 2.24) is 0 Å². The summed E-state index contributed by atoms with van der Waals surface area (Å²) in [5, 5.41) is 0. The first kappa shape index (κ1) is 22.0. The van der Waals surface area contributed by atoms with Gasteiger partial charge in [0.1, 0.15) is 17.3 Å². The van der Waals surface area contributed by atoms with Crippen LogP contribution in [0.1, 0.15) is 18.2 Å². The largest absolute Gasteiger partial charge is 0.492 e. The molecule has 4 nitrogen and oxygen atoms in total. The second kappa shape index (κ2) is 9.57. The van der Waals surface area contributed by atoms with Gasteiger partial charge in [-0.05, 0) is 61.0 Å². The van der Waals surface area contributed by atoms with Gasteiger partial charge in [-0.2, -0.15) is 0 Å². The zero-order valence-electron chi connectivity index (χ0n) is 18.6. The van der Waals surface area contributed by atoms with Gasteiger partial charge in [0, 0.05) is 15.6 Å². The van der Waals surface area contributed by atoms with E-state index in [2.05, 4.69) is 15.9 Å². The summed E-state index contributed by atoms with van der Waals surface area (Å²) < 4.78 is 12.9. The van der Waals surface area contributed by atoms with Crippen LogP contribution < -0.4 is 9.64 Å². The number of furan rings is 1. The van der Waals surface area contributed by atoms with E-state index in [0.717, 1.165) is 27.1 Å². The molecule has 1 aliphatic heterocycles. The third-order valence-electron chi connectivity index (χ3n) is 5.51. The van der Waals surface area contributed by atoms with Crippen molar-refractivity contribution in [2.75, 3.05) is 11.5 Å². The van der Waals surface area contributed by atoms with Gasteiger partial charge in [0.25, 0.3) is 5.91 Å². The maximum Gasteiger partial charge on any atom is 0.263 e. The summed E-state index contributed by atoms with van der Waals surface area (Å²) in [6.07, 6.45) is 3.69. The fourth-order valence-electron chi connectivity index (χ4n) is 3.95. The van der Waals surface area contributed by atoms with Crippen molar-refractivity contribution in [2.24, 2.45) is 0 Å². The van der Waals surface area contributed by atoms with Crippen LogP contribution in [-0.2, 0) is 4.79 Å². The smallest absolute Gasteiger partial charge is 0.263 e. The molecule has 0 atom stereocenters. The quantitative estimate of drug-likeness (QED) is 0.250. The molecular weight excluding hydrogens is 490 g/mol.